The zero-order valence-corrected chi connectivity index (χ0v) is 11.1. The second-order valence-corrected chi connectivity index (χ2v) is 4.66. The van der Waals surface area contributed by atoms with Gasteiger partial charge in [-0.15, -0.1) is 0 Å². The molecule has 3 heteroatoms. The molecule has 0 spiro atoms. The molecule has 2 N–H and O–H groups in total. The van der Waals surface area contributed by atoms with Gasteiger partial charge in [-0.05, 0) is 43.5 Å². The summed E-state index contributed by atoms with van der Waals surface area (Å²) in [6.07, 6.45) is 0.510. The number of rotatable bonds is 4. The van der Waals surface area contributed by atoms with Crippen molar-refractivity contribution in [2.75, 3.05) is 11.9 Å². The SMILES string of the molecule is CCC(O)CNc1cc(C)c(Br)c(C)c1. The largest absolute Gasteiger partial charge is 0.391 e. The number of nitrogens with one attached hydrogen (secondary N) is 1. The fourth-order valence-electron chi connectivity index (χ4n) is 1.43. The van der Waals surface area contributed by atoms with E-state index in [0.29, 0.717) is 6.54 Å². The lowest BCUT2D eigenvalue weighted by atomic mass is 10.1. The Morgan fingerprint density at radius 1 is 1.33 bits per heavy atom. The molecule has 0 aliphatic rings. The average molecular weight is 272 g/mol. The van der Waals surface area contributed by atoms with Crippen molar-refractivity contribution < 1.29 is 5.11 Å². The fourth-order valence-corrected chi connectivity index (χ4v) is 1.66. The maximum Gasteiger partial charge on any atom is 0.0709 e. The zero-order valence-electron chi connectivity index (χ0n) is 9.47. The summed E-state index contributed by atoms with van der Waals surface area (Å²) in [5.41, 5.74) is 3.49. The maximum atomic E-state index is 9.44. The highest BCUT2D eigenvalue weighted by Crippen LogP contribution is 2.24. The van der Waals surface area contributed by atoms with Crippen molar-refractivity contribution in [1.29, 1.82) is 0 Å². The highest BCUT2D eigenvalue weighted by Gasteiger charge is 2.04. The predicted octanol–water partition coefficient (Wildman–Crippen LogP) is 3.25. The highest BCUT2D eigenvalue weighted by atomic mass is 79.9. The quantitative estimate of drug-likeness (QED) is 0.881. The first kappa shape index (κ1) is 12.5. The molecule has 0 aromatic heterocycles. The van der Waals surface area contributed by atoms with Gasteiger partial charge in [0.1, 0.15) is 0 Å². The van der Waals surface area contributed by atoms with Gasteiger partial charge in [-0.3, -0.25) is 0 Å². The van der Waals surface area contributed by atoms with Gasteiger partial charge in [-0.2, -0.15) is 0 Å². The van der Waals surface area contributed by atoms with Gasteiger partial charge >= 0.3 is 0 Å². The van der Waals surface area contributed by atoms with Crippen LogP contribution in [0.4, 0.5) is 5.69 Å². The Labute approximate surface area is 99.8 Å². The molecule has 0 aliphatic carbocycles. The van der Waals surface area contributed by atoms with Crippen molar-refractivity contribution >= 4 is 21.6 Å². The van der Waals surface area contributed by atoms with E-state index < -0.39 is 0 Å². The van der Waals surface area contributed by atoms with Crippen LogP contribution in [0.25, 0.3) is 0 Å². The van der Waals surface area contributed by atoms with Crippen LogP contribution in [0.3, 0.4) is 0 Å². The van der Waals surface area contributed by atoms with Gasteiger partial charge < -0.3 is 10.4 Å². The second kappa shape index (κ2) is 5.52. The van der Waals surface area contributed by atoms with Crippen LogP contribution in [-0.4, -0.2) is 17.8 Å². The normalized spacial score (nSPS) is 12.6. The summed E-state index contributed by atoms with van der Waals surface area (Å²) >= 11 is 3.53. The van der Waals surface area contributed by atoms with Crippen molar-refractivity contribution in [1.82, 2.24) is 0 Å². The Morgan fingerprint density at radius 2 is 1.87 bits per heavy atom. The Hall–Kier alpha value is -0.540. The van der Waals surface area contributed by atoms with E-state index in [1.807, 2.05) is 6.92 Å². The van der Waals surface area contributed by atoms with Gasteiger partial charge in [0.2, 0.25) is 0 Å². The lowest BCUT2D eigenvalue weighted by Crippen LogP contribution is -2.18. The number of aliphatic hydroxyl groups is 1. The van der Waals surface area contributed by atoms with E-state index in [9.17, 15) is 5.11 Å². The standard InChI is InChI=1S/C12H18BrNO/c1-4-11(15)7-14-10-5-8(2)12(13)9(3)6-10/h5-6,11,14-15H,4,7H2,1-3H3. The van der Waals surface area contributed by atoms with Crippen LogP contribution in [0.15, 0.2) is 16.6 Å². The van der Waals surface area contributed by atoms with E-state index in [1.165, 1.54) is 11.1 Å². The number of hydrogen-bond acceptors (Lipinski definition) is 2. The van der Waals surface area contributed by atoms with Crippen LogP contribution in [-0.2, 0) is 0 Å². The third-order valence-electron chi connectivity index (χ3n) is 2.45. The van der Waals surface area contributed by atoms with E-state index in [-0.39, 0.29) is 6.10 Å². The second-order valence-electron chi connectivity index (χ2n) is 3.87. The summed E-state index contributed by atoms with van der Waals surface area (Å²) in [6, 6.07) is 4.17. The third-order valence-corrected chi connectivity index (χ3v) is 3.70. The third kappa shape index (κ3) is 3.50. The first-order valence-electron chi connectivity index (χ1n) is 5.23. The molecule has 0 saturated carbocycles. The van der Waals surface area contributed by atoms with Crippen LogP contribution in [0.1, 0.15) is 24.5 Å². The first-order chi connectivity index (χ1) is 7.04. The molecule has 1 aromatic rings. The summed E-state index contributed by atoms with van der Waals surface area (Å²) in [7, 11) is 0. The molecule has 0 radical (unpaired) electrons. The maximum absolute atomic E-state index is 9.44. The minimum absolute atomic E-state index is 0.269. The van der Waals surface area contributed by atoms with Gasteiger partial charge in [0.25, 0.3) is 0 Å². The molecule has 1 atom stereocenters. The summed E-state index contributed by atoms with van der Waals surface area (Å²) in [4.78, 5) is 0. The average Bonchev–Trinajstić information content (AvgIpc) is 2.22. The molecule has 0 fully saturated rings. The number of aryl methyl sites for hydroxylation is 2. The molecule has 1 rings (SSSR count). The van der Waals surface area contributed by atoms with Crippen LogP contribution in [0.2, 0.25) is 0 Å². The molecule has 0 saturated heterocycles. The van der Waals surface area contributed by atoms with Crippen molar-refractivity contribution in [2.24, 2.45) is 0 Å². The summed E-state index contributed by atoms with van der Waals surface area (Å²) in [5, 5.41) is 12.7. The van der Waals surface area contributed by atoms with Crippen molar-refractivity contribution in [2.45, 2.75) is 33.3 Å². The van der Waals surface area contributed by atoms with E-state index in [0.717, 1.165) is 16.6 Å². The van der Waals surface area contributed by atoms with E-state index >= 15 is 0 Å². The van der Waals surface area contributed by atoms with Crippen LogP contribution in [0, 0.1) is 13.8 Å². The van der Waals surface area contributed by atoms with Crippen LogP contribution in [0.5, 0.6) is 0 Å². The molecule has 2 nitrogen and oxygen atoms in total. The Bertz CT molecular complexity index is 315. The topological polar surface area (TPSA) is 32.3 Å². The Morgan fingerprint density at radius 3 is 2.33 bits per heavy atom. The lowest BCUT2D eigenvalue weighted by Gasteiger charge is -2.13. The first-order valence-corrected chi connectivity index (χ1v) is 6.02. The predicted molar refractivity (Wildman–Crippen MR) is 68.4 cm³/mol. The van der Waals surface area contributed by atoms with Gasteiger partial charge in [-0.1, -0.05) is 22.9 Å². The summed E-state index contributed by atoms with van der Waals surface area (Å²) < 4.78 is 1.16. The highest BCUT2D eigenvalue weighted by molar-refractivity contribution is 9.10. The number of benzene rings is 1. The van der Waals surface area contributed by atoms with Crippen molar-refractivity contribution in [3.63, 3.8) is 0 Å². The van der Waals surface area contributed by atoms with Gasteiger partial charge in [0.15, 0.2) is 0 Å². The molecule has 1 aromatic carbocycles. The summed E-state index contributed by atoms with van der Waals surface area (Å²) in [5.74, 6) is 0. The monoisotopic (exact) mass is 271 g/mol. The number of hydrogen-bond donors (Lipinski definition) is 2. The molecular weight excluding hydrogens is 254 g/mol. The molecule has 15 heavy (non-hydrogen) atoms. The Kier molecular flexibility index (Phi) is 4.61. The number of anilines is 1. The Balaban J connectivity index is 2.70. The smallest absolute Gasteiger partial charge is 0.0709 e. The van der Waals surface area contributed by atoms with Crippen molar-refractivity contribution in [3.05, 3.63) is 27.7 Å². The lowest BCUT2D eigenvalue weighted by molar-refractivity contribution is 0.183. The fraction of sp³-hybridized carbons (Fsp3) is 0.500. The minimum Gasteiger partial charge on any atom is -0.391 e. The van der Waals surface area contributed by atoms with Gasteiger partial charge in [0, 0.05) is 16.7 Å². The molecule has 0 bridgehead atoms. The zero-order chi connectivity index (χ0) is 11.4. The molecule has 84 valence electrons. The van der Waals surface area contributed by atoms with E-state index in [2.05, 4.69) is 47.2 Å². The molecule has 1 unspecified atom stereocenters. The van der Waals surface area contributed by atoms with Crippen LogP contribution < -0.4 is 5.32 Å². The molecular formula is C12H18BrNO. The summed E-state index contributed by atoms with van der Waals surface area (Å²) in [6.45, 7) is 6.72. The number of halogens is 1. The minimum atomic E-state index is -0.269. The molecule has 0 amide bonds. The van der Waals surface area contributed by atoms with Crippen LogP contribution >= 0.6 is 15.9 Å². The van der Waals surface area contributed by atoms with Gasteiger partial charge in [-0.25, -0.2) is 0 Å². The van der Waals surface area contributed by atoms with Crippen molar-refractivity contribution in [3.8, 4) is 0 Å². The van der Waals surface area contributed by atoms with Gasteiger partial charge in [0.05, 0.1) is 6.10 Å². The molecule has 0 heterocycles. The number of aliphatic hydroxyl groups excluding tert-OH is 1. The molecule has 0 aliphatic heterocycles. The van der Waals surface area contributed by atoms with E-state index in [4.69, 9.17) is 0 Å². The van der Waals surface area contributed by atoms with E-state index in [1.54, 1.807) is 0 Å².